The summed E-state index contributed by atoms with van der Waals surface area (Å²) in [5.74, 6) is -5.29. The average molecular weight is 489 g/mol. The molecule has 0 aliphatic carbocycles. The van der Waals surface area contributed by atoms with E-state index in [2.05, 4.69) is 10.6 Å². The van der Waals surface area contributed by atoms with E-state index in [1.807, 2.05) is 0 Å². The van der Waals surface area contributed by atoms with Crippen LogP contribution >= 0.6 is 11.8 Å². The number of rotatable bonds is 7. The molecule has 0 unspecified atom stereocenters. The molecule has 1 rings (SSSR count). The molecule has 2 atom stereocenters. The van der Waals surface area contributed by atoms with E-state index in [4.69, 9.17) is 30.6 Å². The Labute approximate surface area is 175 Å². The first-order valence-electron chi connectivity index (χ1n) is 8.18. The van der Waals surface area contributed by atoms with Gasteiger partial charge in [0.15, 0.2) is 0 Å². The van der Waals surface area contributed by atoms with Gasteiger partial charge in [0, 0.05) is 11.6 Å². The lowest BCUT2D eigenvalue weighted by Gasteiger charge is -2.17. The lowest BCUT2D eigenvalue weighted by molar-refractivity contribution is -0.193. The highest BCUT2D eigenvalue weighted by Gasteiger charge is 2.38. The number of carboxylic acids is 3. The molecule has 0 aromatic heterocycles. The topological polar surface area (TPSA) is 179 Å². The maximum Gasteiger partial charge on any atom is 0.490 e. The van der Waals surface area contributed by atoms with E-state index in [-0.39, 0.29) is 11.9 Å². The number of carboxylic acid groups (broad SMARTS) is 3. The molecule has 10 nitrogen and oxygen atoms in total. The fourth-order valence-electron chi connectivity index (χ4n) is 1.59. The Morgan fingerprint density at radius 1 is 1.00 bits per heavy atom. The van der Waals surface area contributed by atoms with E-state index >= 15 is 0 Å². The summed E-state index contributed by atoms with van der Waals surface area (Å²) in [4.78, 5) is 40.5. The molecule has 0 aromatic carbocycles. The van der Waals surface area contributed by atoms with Gasteiger partial charge >= 0.3 is 30.3 Å². The van der Waals surface area contributed by atoms with Crippen LogP contribution in [0.15, 0.2) is 0 Å². The van der Waals surface area contributed by atoms with E-state index in [9.17, 15) is 35.9 Å². The normalized spacial score (nSPS) is 16.7. The number of amides is 1. The van der Waals surface area contributed by atoms with Crippen LogP contribution in [0.5, 0.6) is 0 Å². The van der Waals surface area contributed by atoms with Crippen molar-refractivity contribution in [2.45, 2.75) is 43.7 Å². The number of aliphatic carboxylic acids is 3. The van der Waals surface area contributed by atoms with Gasteiger partial charge in [-0.15, -0.1) is 11.8 Å². The van der Waals surface area contributed by atoms with Crippen molar-refractivity contribution < 1.29 is 60.8 Å². The standard InChI is InChI=1S/C10H19N3O3S.2C2HF3O2/c11-4-2-1-3-7(10(15)16)13-9(14)8-5-17-6-12-8;2*3-2(4,5)1(6)7/h7-8,12H,1-6,11H2,(H,13,14)(H,15,16);2*(H,6,7)/t7-,8+;;/m0../s1. The van der Waals surface area contributed by atoms with Gasteiger partial charge in [0.2, 0.25) is 5.91 Å². The van der Waals surface area contributed by atoms with Crippen molar-refractivity contribution in [2.24, 2.45) is 5.73 Å². The lowest BCUT2D eigenvalue weighted by atomic mass is 10.1. The van der Waals surface area contributed by atoms with Crippen LogP contribution in [-0.2, 0) is 19.2 Å². The Kier molecular flexibility index (Phi) is 14.6. The summed E-state index contributed by atoms with van der Waals surface area (Å²) in [6.45, 7) is 0.543. The molecule has 1 heterocycles. The molecule has 17 heteroatoms. The second-order valence-electron chi connectivity index (χ2n) is 5.56. The van der Waals surface area contributed by atoms with E-state index in [0.29, 0.717) is 25.1 Å². The molecule has 1 amide bonds. The molecular formula is C14H21F6N3O7S. The molecule has 0 aromatic rings. The van der Waals surface area contributed by atoms with Crippen LogP contribution < -0.4 is 16.4 Å². The van der Waals surface area contributed by atoms with Gasteiger partial charge in [0.05, 0.1) is 6.04 Å². The zero-order valence-electron chi connectivity index (χ0n) is 15.6. The molecule has 0 spiro atoms. The molecule has 182 valence electrons. The van der Waals surface area contributed by atoms with E-state index < -0.39 is 36.3 Å². The van der Waals surface area contributed by atoms with Gasteiger partial charge in [0.25, 0.3) is 0 Å². The summed E-state index contributed by atoms with van der Waals surface area (Å²) >= 11 is 1.63. The Morgan fingerprint density at radius 2 is 1.45 bits per heavy atom. The number of carbonyl (C=O) groups excluding carboxylic acids is 1. The van der Waals surface area contributed by atoms with Crippen molar-refractivity contribution in [1.82, 2.24) is 10.6 Å². The molecule has 1 saturated heterocycles. The molecule has 31 heavy (non-hydrogen) atoms. The summed E-state index contributed by atoms with van der Waals surface area (Å²) < 4.78 is 63.5. The quantitative estimate of drug-likeness (QED) is 0.219. The third-order valence-electron chi connectivity index (χ3n) is 3.08. The number of hydrogen-bond donors (Lipinski definition) is 6. The fourth-order valence-corrected chi connectivity index (χ4v) is 2.53. The zero-order chi connectivity index (χ0) is 24.8. The first-order valence-corrected chi connectivity index (χ1v) is 9.34. The first kappa shape index (κ1) is 30.9. The van der Waals surface area contributed by atoms with Crippen LogP contribution in [0, 0.1) is 0 Å². The Balaban J connectivity index is 0. The Bertz CT molecular complexity index is 574. The SMILES string of the molecule is NCCCC[C@H](NC(=O)[C@H]1CSCN1)C(=O)O.O=C(O)C(F)(F)F.O=C(O)C(F)(F)F. The van der Waals surface area contributed by atoms with Crippen molar-refractivity contribution in [1.29, 1.82) is 0 Å². The van der Waals surface area contributed by atoms with Crippen molar-refractivity contribution in [2.75, 3.05) is 18.2 Å². The van der Waals surface area contributed by atoms with Crippen LogP contribution in [0.3, 0.4) is 0 Å². The maximum absolute atomic E-state index is 11.7. The molecule has 1 aliphatic rings. The van der Waals surface area contributed by atoms with Gasteiger partial charge in [-0.05, 0) is 25.8 Å². The molecular weight excluding hydrogens is 468 g/mol. The van der Waals surface area contributed by atoms with Crippen molar-refractivity contribution in [3.8, 4) is 0 Å². The highest BCUT2D eigenvalue weighted by atomic mass is 32.2. The predicted molar refractivity (Wildman–Crippen MR) is 94.1 cm³/mol. The first-order chi connectivity index (χ1) is 14.0. The van der Waals surface area contributed by atoms with Gasteiger partial charge in [-0.1, -0.05) is 0 Å². The van der Waals surface area contributed by atoms with Crippen molar-refractivity contribution >= 4 is 35.6 Å². The summed E-state index contributed by atoms with van der Waals surface area (Å²) in [6, 6.07) is -1.07. The zero-order valence-corrected chi connectivity index (χ0v) is 16.4. The molecule has 1 fully saturated rings. The third-order valence-corrected chi connectivity index (χ3v) is 4.02. The molecule has 1 aliphatic heterocycles. The minimum Gasteiger partial charge on any atom is -0.480 e. The number of unbranched alkanes of at least 4 members (excludes halogenated alkanes) is 1. The van der Waals surface area contributed by atoms with Gasteiger partial charge in [-0.25, -0.2) is 14.4 Å². The highest BCUT2D eigenvalue weighted by Crippen LogP contribution is 2.14. The minimum absolute atomic E-state index is 0.227. The van der Waals surface area contributed by atoms with Crippen LogP contribution in [0.1, 0.15) is 19.3 Å². The molecule has 0 bridgehead atoms. The predicted octanol–water partition coefficient (Wildman–Crippen LogP) is 0.614. The monoisotopic (exact) mass is 489 g/mol. The van der Waals surface area contributed by atoms with E-state index in [1.165, 1.54) is 0 Å². The largest absolute Gasteiger partial charge is 0.490 e. The fraction of sp³-hybridized carbons (Fsp3) is 0.714. The number of hydrogen-bond acceptors (Lipinski definition) is 7. The highest BCUT2D eigenvalue weighted by molar-refractivity contribution is 7.99. The summed E-state index contributed by atoms with van der Waals surface area (Å²) in [7, 11) is 0. The third kappa shape index (κ3) is 16.1. The van der Waals surface area contributed by atoms with Crippen molar-refractivity contribution in [3.05, 3.63) is 0 Å². The van der Waals surface area contributed by atoms with Gasteiger partial charge in [-0.3, -0.25) is 10.1 Å². The summed E-state index contributed by atoms with van der Waals surface area (Å²) in [5, 5.41) is 28.8. The minimum atomic E-state index is -5.08. The van der Waals surface area contributed by atoms with E-state index in [1.54, 1.807) is 11.8 Å². The second kappa shape index (κ2) is 14.7. The van der Waals surface area contributed by atoms with Crippen LogP contribution in [0.2, 0.25) is 0 Å². The average Bonchev–Trinajstić information content (AvgIpc) is 3.15. The summed E-state index contributed by atoms with van der Waals surface area (Å²) in [5.41, 5.74) is 5.34. The van der Waals surface area contributed by atoms with Crippen LogP contribution in [0.25, 0.3) is 0 Å². The number of halogens is 6. The number of nitrogens with two attached hydrogens (primary N) is 1. The van der Waals surface area contributed by atoms with Crippen molar-refractivity contribution in [3.63, 3.8) is 0 Å². The maximum atomic E-state index is 11.7. The molecule has 0 radical (unpaired) electrons. The Hall–Kier alpha value is -2.27. The number of thioether (sulfide) groups is 1. The van der Waals surface area contributed by atoms with Crippen LogP contribution in [-0.4, -0.2) is 81.7 Å². The number of nitrogens with one attached hydrogen (secondary N) is 2. The van der Waals surface area contributed by atoms with Gasteiger partial charge < -0.3 is 26.4 Å². The van der Waals surface area contributed by atoms with Crippen LogP contribution in [0.4, 0.5) is 26.3 Å². The van der Waals surface area contributed by atoms with Gasteiger partial charge in [0.1, 0.15) is 6.04 Å². The number of carbonyl (C=O) groups is 4. The Morgan fingerprint density at radius 3 is 1.74 bits per heavy atom. The molecule has 0 saturated carbocycles. The van der Waals surface area contributed by atoms with Gasteiger partial charge in [-0.2, -0.15) is 26.3 Å². The van der Waals surface area contributed by atoms with E-state index in [0.717, 1.165) is 12.3 Å². The number of alkyl halides is 6. The smallest absolute Gasteiger partial charge is 0.480 e. The second-order valence-corrected chi connectivity index (χ2v) is 6.59. The lowest BCUT2D eigenvalue weighted by Crippen LogP contribution is -2.49. The molecule has 7 N–H and O–H groups in total. The summed E-state index contributed by atoms with van der Waals surface area (Å²) in [6.07, 6.45) is -8.25.